The molecule has 0 aliphatic heterocycles. The number of rotatable bonds is 4. The summed E-state index contributed by atoms with van der Waals surface area (Å²) >= 11 is 0. The van der Waals surface area contributed by atoms with Crippen LogP contribution in [0.15, 0.2) is 48.5 Å². The summed E-state index contributed by atoms with van der Waals surface area (Å²) in [6.07, 6.45) is 2.98. The number of carbonyl (C=O) groups is 2. The second-order valence-corrected chi connectivity index (χ2v) is 8.63. The number of hydrogen-bond acceptors (Lipinski definition) is 3. The molecule has 29 heavy (non-hydrogen) atoms. The van der Waals surface area contributed by atoms with Gasteiger partial charge in [0.25, 0.3) is 0 Å². The quantitative estimate of drug-likeness (QED) is 0.734. The number of amides is 1. The molecule has 154 valence electrons. The average Bonchev–Trinajstić information content (AvgIpc) is 2.87. The van der Waals surface area contributed by atoms with Gasteiger partial charge < -0.3 is 14.7 Å². The Kier molecular flexibility index (Phi) is 6.26. The van der Waals surface area contributed by atoms with E-state index in [0.29, 0.717) is 13.0 Å². The summed E-state index contributed by atoms with van der Waals surface area (Å²) in [5.74, 6) is -0.929. The van der Waals surface area contributed by atoms with Crippen molar-refractivity contribution in [1.29, 1.82) is 0 Å². The van der Waals surface area contributed by atoms with Gasteiger partial charge in [-0.05, 0) is 75.3 Å². The van der Waals surface area contributed by atoms with E-state index in [-0.39, 0.29) is 17.7 Å². The highest BCUT2D eigenvalue weighted by Crippen LogP contribution is 2.27. The summed E-state index contributed by atoms with van der Waals surface area (Å²) in [5.41, 5.74) is 2.93. The number of aryl methyl sites for hydroxylation is 1. The lowest BCUT2D eigenvalue weighted by Crippen LogP contribution is -2.43. The summed E-state index contributed by atoms with van der Waals surface area (Å²) in [5, 5.41) is 9.36. The normalized spacial score (nSPS) is 16.4. The van der Waals surface area contributed by atoms with Gasteiger partial charge in [-0.25, -0.2) is 9.59 Å². The molecule has 3 rings (SSSR count). The standard InChI is InChI=1S/C24H29NO4/c1-24(2,3)29-23(28)25(16-17-8-5-4-6-9-17)21-11-7-10-18-12-13-19(22(26)27)14-20(18)15-21/h4-6,8-9,12-14,21H,7,10-11,15-16H2,1-3H3,(H,26,27). The second-order valence-electron chi connectivity index (χ2n) is 8.63. The lowest BCUT2D eigenvalue weighted by molar-refractivity contribution is 0.0130. The third-order valence-electron chi connectivity index (χ3n) is 5.16. The monoisotopic (exact) mass is 395 g/mol. The van der Waals surface area contributed by atoms with Crippen LogP contribution in [0.5, 0.6) is 0 Å². The number of carboxylic acid groups (broad SMARTS) is 1. The van der Waals surface area contributed by atoms with Crippen LogP contribution in [0.2, 0.25) is 0 Å². The van der Waals surface area contributed by atoms with Crippen LogP contribution in [0.1, 0.15) is 60.7 Å². The number of benzene rings is 2. The fraction of sp³-hybridized carbons (Fsp3) is 0.417. The molecule has 0 bridgehead atoms. The van der Waals surface area contributed by atoms with E-state index in [1.165, 1.54) is 5.56 Å². The molecule has 1 unspecified atom stereocenters. The van der Waals surface area contributed by atoms with E-state index < -0.39 is 11.6 Å². The fourth-order valence-corrected chi connectivity index (χ4v) is 3.79. The summed E-state index contributed by atoms with van der Waals surface area (Å²) in [6, 6.07) is 15.2. The molecule has 5 nitrogen and oxygen atoms in total. The second kappa shape index (κ2) is 8.68. The number of fused-ring (bicyclic) bond motifs is 1. The van der Waals surface area contributed by atoms with Gasteiger partial charge in [0.05, 0.1) is 5.56 Å². The van der Waals surface area contributed by atoms with Crippen LogP contribution in [-0.4, -0.2) is 33.7 Å². The highest BCUT2D eigenvalue weighted by atomic mass is 16.6. The summed E-state index contributed by atoms with van der Waals surface area (Å²) in [4.78, 5) is 26.3. The zero-order valence-electron chi connectivity index (χ0n) is 17.4. The third kappa shape index (κ3) is 5.59. The number of ether oxygens (including phenoxy) is 1. The molecule has 0 saturated heterocycles. The van der Waals surface area contributed by atoms with Crippen LogP contribution in [0.4, 0.5) is 4.79 Å². The van der Waals surface area contributed by atoms with Gasteiger partial charge in [-0.3, -0.25) is 0 Å². The van der Waals surface area contributed by atoms with E-state index in [1.807, 2.05) is 62.1 Å². The van der Waals surface area contributed by atoms with Crippen LogP contribution < -0.4 is 0 Å². The molecule has 2 aromatic rings. The fourth-order valence-electron chi connectivity index (χ4n) is 3.79. The van der Waals surface area contributed by atoms with Gasteiger partial charge in [0.1, 0.15) is 5.60 Å². The first-order chi connectivity index (χ1) is 13.7. The van der Waals surface area contributed by atoms with E-state index in [1.54, 1.807) is 12.1 Å². The van der Waals surface area contributed by atoms with Crippen molar-refractivity contribution in [3.05, 3.63) is 70.8 Å². The van der Waals surface area contributed by atoms with E-state index in [9.17, 15) is 14.7 Å². The molecule has 0 fully saturated rings. The van der Waals surface area contributed by atoms with Crippen LogP contribution in [0.3, 0.4) is 0 Å². The maximum atomic E-state index is 13.1. The molecular weight excluding hydrogens is 366 g/mol. The minimum atomic E-state index is -0.929. The number of hydrogen-bond donors (Lipinski definition) is 1. The highest BCUT2D eigenvalue weighted by Gasteiger charge is 2.30. The molecule has 2 aromatic carbocycles. The SMILES string of the molecule is CC(C)(C)OC(=O)N(Cc1ccccc1)C1CCCc2ccc(C(=O)O)cc2C1. The lowest BCUT2D eigenvalue weighted by atomic mass is 9.98. The number of nitrogens with zero attached hydrogens (tertiary/aromatic N) is 1. The molecule has 1 amide bonds. The van der Waals surface area contributed by atoms with E-state index >= 15 is 0 Å². The molecule has 0 radical (unpaired) electrons. The number of carboxylic acids is 1. The molecule has 0 saturated carbocycles. The number of carbonyl (C=O) groups excluding carboxylic acids is 1. The molecule has 0 heterocycles. The first-order valence-electron chi connectivity index (χ1n) is 10.1. The maximum Gasteiger partial charge on any atom is 0.410 e. The van der Waals surface area contributed by atoms with E-state index in [4.69, 9.17) is 4.74 Å². The zero-order chi connectivity index (χ0) is 21.0. The predicted molar refractivity (Wildman–Crippen MR) is 112 cm³/mol. The van der Waals surface area contributed by atoms with Crippen LogP contribution in [0, 0.1) is 0 Å². The first-order valence-corrected chi connectivity index (χ1v) is 10.1. The van der Waals surface area contributed by atoms with Crippen molar-refractivity contribution in [3.8, 4) is 0 Å². The van der Waals surface area contributed by atoms with Crippen molar-refractivity contribution < 1.29 is 19.4 Å². The van der Waals surface area contributed by atoms with Gasteiger partial charge in [-0.15, -0.1) is 0 Å². The molecule has 0 spiro atoms. The smallest absolute Gasteiger partial charge is 0.410 e. The average molecular weight is 395 g/mol. The minimum absolute atomic E-state index is 0.0460. The summed E-state index contributed by atoms with van der Waals surface area (Å²) in [7, 11) is 0. The first kappa shape index (κ1) is 20.9. The Morgan fingerprint density at radius 3 is 2.48 bits per heavy atom. The van der Waals surface area contributed by atoms with Crippen LogP contribution >= 0.6 is 0 Å². The van der Waals surface area contributed by atoms with Gasteiger partial charge in [0.2, 0.25) is 0 Å². The van der Waals surface area contributed by atoms with Gasteiger partial charge in [-0.2, -0.15) is 0 Å². The van der Waals surface area contributed by atoms with E-state index in [0.717, 1.165) is 30.4 Å². The Bertz CT molecular complexity index is 870. The van der Waals surface area contributed by atoms with Crippen molar-refractivity contribution in [2.24, 2.45) is 0 Å². The van der Waals surface area contributed by atoms with Crippen LogP contribution in [-0.2, 0) is 24.1 Å². The third-order valence-corrected chi connectivity index (χ3v) is 5.16. The summed E-state index contributed by atoms with van der Waals surface area (Å²) in [6.45, 7) is 6.07. The largest absolute Gasteiger partial charge is 0.478 e. The predicted octanol–water partition coefficient (Wildman–Crippen LogP) is 5.07. The molecule has 0 aromatic heterocycles. The molecular formula is C24H29NO4. The van der Waals surface area contributed by atoms with Crippen molar-refractivity contribution >= 4 is 12.1 Å². The van der Waals surface area contributed by atoms with Crippen molar-refractivity contribution in [3.63, 3.8) is 0 Å². The zero-order valence-corrected chi connectivity index (χ0v) is 17.4. The topological polar surface area (TPSA) is 66.8 Å². The van der Waals surface area contributed by atoms with Crippen molar-refractivity contribution in [2.75, 3.05) is 0 Å². The lowest BCUT2D eigenvalue weighted by Gasteiger charge is -2.33. The van der Waals surface area contributed by atoms with Crippen LogP contribution in [0.25, 0.3) is 0 Å². The maximum absolute atomic E-state index is 13.1. The Morgan fingerprint density at radius 2 is 1.83 bits per heavy atom. The van der Waals surface area contributed by atoms with Gasteiger partial charge in [0.15, 0.2) is 0 Å². The van der Waals surface area contributed by atoms with Gasteiger partial charge in [-0.1, -0.05) is 36.4 Å². The Morgan fingerprint density at radius 1 is 1.10 bits per heavy atom. The molecule has 5 heteroatoms. The Balaban J connectivity index is 1.90. The van der Waals surface area contributed by atoms with E-state index in [2.05, 4.69) is 0 Å². The van der Waals surface area contributed by atoms with Gasteiger partial charge in [0, 0.05) is 12.6 Å². The Hall–Kier alpha value is -2.82. The molecule has 1 aliphatic rings. The molecule has 1 N–H and O–H groups in total. The van der Waals surface area contributed by atoms with Crippen molar-refractivity contribution in [1.82, 2.24) is 4.90 Å². The number of aromatic carboxylic acids is 1. The Labute approximate surface area is 172 Å². The molecule has 1 atom stereocenters. The van der Waals surface area contributed by atoms with Crippen molar-refractivity contribution in [2.45, 2.75) is 64.6 Å². The molecule has 1 aliphatic carbocycles. The van der Waals surface area contributed by atoms with Gasteiger partial charge >= 0.3 is 12.1 Å². The summed E-state index contributed by atoms with van der Waals surface area (Å²) < 4.78 is 5.71. The highest BCUT2D eigenvalue weighted by molar-refractivity contribution is 5.88. The minimum Gasteiger partial charge on any atom is -0.478 e.